The molecule has 3 N–H and O–H groups in total. The maximum atomic E-state index is 12.0. The van der Waals surface area contributed by atoms with Crippen molar-refractivity contribution in [2.45, 2.75) is 30.0 Å². The Bertz CT molecular complexity index is 1110. The first-order chi connectivity index (χ1) is 13.4. The Kier molecular flexibility index (Phi) is 4.72. The molecule has 8 heteroatoms. The summed E-state index contributed by atoms with van der Waals surface area (Å²) in [5, 5.41) is 26.2. The Hall–Kier alpha value is -3.00. The molecule has 3 aromatic rings. The summed E-state index contributed by atoms with van der Waals surface area (Å²) in [5.74, 6) is -2.47. The highest BCUT2D eigenvalue weighted by Crippen LogP contribution is 2.37. The minimum atomic E-state index is -1.11. The fourth-order valence-corrected chi connectivity index (χ4v) is 4.75. The molecule has 0 unspecified atom stereocenters. The Labute approximate surface area is 164 Å². The summed E-state index contributed by atoms with van der Waals surface area (Å²) in [4.78, 5) is 35.5. The predicted octanol–water partition coefficient (Wildman–Crippen LogP) is 2.88. The van der Waals surface area contributed by atoms with Crippen LogP contribution in [0.15, 0.2) is 47.6 Å². The van der Waals surface area contributed by atoms with Gasteiger partial charge in [0.1, 0.15) is 12.1 Å². The molecule has 28 heavy (non-hydrogen) atoms. The monoisotopic (exact) mass is 398 g/mol. The summed E-state index contributed by atoms with van der Waals surface area (Å²) in [5.41, 5.74) is 0. The molecule has 4 rings (SSSR count). The quantitative estimate of drug-likeness (QED) is 0.613. The summed E-state index contributed by atoms with van der Waals surface area (Å²) in [7, 11) is 0. The van der Waals surface area contributed by atoms with Crippen molar-refractivity contribution in [1.82, 2.24) is 9.88 Å². The van der Waals surface area contributed by atoms with Gasteiger partial charge in [-0.05, 0) is 29.3 Å². The van der Waals surface area contributed by atoms with Gasteiger partial charge in [-0.2, -0.15) is 0 Å². The third kappa shape index (κ3) is 3.31. The van der Waals surface area contributed by atoms with Crippen LogP contribution < -0.4 is 5.32 Å². The van der Waals surface area contributed by atoms with Crippen molar-refractivity contribution in [2.75, 3.05) is 5.75 Å². The predicted molar refractivity (Wildman–Crippen MR) is 106 cm³/mol. The van der Waals surface area contributed by atoms with E-state index < -0.39 is 29.9 Å². The first-order valence-corrected chi connectivity index (χ1v) is 9.83. The molecule has 0 saturated heterocycles. The van der Waals surface area contributed by atoms with E-state index in [1.807, 2.05) is 36.4 Å². The highest BCUT2D eigenvalue weighted by molar-refractivity contribution is 7.99. The lowest BCUT2D eigenvalue weighted by molar-refractivity contribution is -0.143. The number of carbonyl (C=O) groups is 3. The molecule has 0 spiro atoms. The van der Waals surface area contributed by atoms with E-state index in [0.717, 1.165) is 21.5 Å². The van der Waals surface area contributed by atoms with E-state index in [-0.39, 0.29) is 18.6 Å². The molecule has 0 radical (unpaired) electrons. The smallest absolute Gasteiger partial charge is 0.327 e. The SMILES string of the molecule is O=C1CC[C@@H](C(=O)O)n2cc3cc4ccccc4cc3c2SC[C@@H](C(=O)O)N1. The maximum absolute atomic E-state index is 12.0. The van der Waals surface area contributed by atoms with Crippen LogP contribution in [0.1, 0.15) is 18.9 Å². The maximum Gasteiger partial charge on any atom is 0.327 e. The van der Waals surface area contributed by atoms with Crippen LogP contribution in [0.3, 0.4) is 0 Å². The van der Waals surface area contributed by atoms with Gasteiger partial charge in [0.05, 0.1) is 5.03 Å². The molecular formula is C20H18N2O5S. The van der Waals surface area contributed by atoms with E-state index in [1.54, 1.807) is 10.8 Å². The van der Waals surface area contributed by atoms with Crippen molar-refractivity contribution in [2.24, 2.45) is 0 Å². The number of rotatable bonds is 2. The Morgan fingerprint density at radius 1 is 1.07 bits per heavy atom. The number of carboxylic acids is 2. The van der Waals surface area contributed by atoms with Crippen LogP contribution in [0, 0.1) is 0 Å². The second kappa shape index (κ2) is 7.20. The molecule has 7 nitrogen and oxygen atoms in total. The molecule has 0 bridgehead atoms. The highest BCUT2D eigenvalue weighted by atomic mass is 32.2. The summed E-state index contributed by atoms with van der Waals surface area (Å²) in [6.45, 7) is 0. The number of carboxylic acid groups (broad SMARTS) is 2. The number of nitrogens with zero attached hydrogens (tertiary/aromatic N) is 1. The average molecular weight is 398 g/mol. The molecular weight excluding hydrogens is 380 g/mol. The molecule has 0 saturated carbocycles. The third-order valence-electron chi connectivity index (χ3n) is 4.95. The lowest BCUT2D eigenvalue weighted by Gasteiger charge is -2.22. The number of aromatic nitrogens is 1. The first kappa shape index (κ1) is 18.4. The number of amides is 1. The standard InChI is InChI=1S/C20H18N2O5S/c23-17-6-5-16(20(26)27)22-9-13-7-11-3-1-2-4-12(11)8-14(13)18(22)28-10-15(21-17)19(24)25/h1-4,7-9,15-16H,5-6,10H2,(H,21,23)(H,24,25)(H,26,27)/t15-,16-/m0/s1. The van der Waals surface area contributed by atoms with Gasteiger partial charge in [0.2, 0.25) is 5.91 Å². The topological polar surface area (TPSA) is 109 Å². The molecule has 0 fully saturated rings. The van der Waals surface area contributed by atoms with Crippen LogP contribution >= 0.6 is 11.8 Å². The molecule has 1 aromatic heterocycles. The number of fused-ring (bicyclic) bond motifs is 4. The van der Waals surface area contributed by atoms with E-state index in [2.05, 4.69) is 5.32 Å². The van der Waals surface area contributed by atoms with Gasteiger partial charge >= 0.3 is 11.9 Å². The first-order valence-electron chi connectivity index (χ1n) is 8.85. The third-order valence-corrected chi connectivity index (χ3v) is 6.15. The number of benzene rings is 2. The van der Waals surface area contributed by atoms with Crippen LogP contribution in [-0.4, -0.2) is 44.4 Å². The van der Waals surface area contributed by atoms with Crippen LogP contribution in [0.5, 0.6) is 0 Å². The summed E-state index contributed by atoms with van der Waals surface area (Å²) in [6, 6.07) is 9.93. The fraction of sp³-hybridized carbons (Fsp3) is 0.250. The number of hydrogen-bond acceptors (Lipinski definition) is 4. The van der Waals surface area contributed by atoms with Gasteiger partial charge in [0, 0.05) is 29.1 Å². The second-order valence-electron chi connectivity index (χ2n) is 6.79. The highest BCUT2D eigenvalue weighted by Gasteiger charge is 2.29. The Balaban J connectivity index is 1.90. The van der Waals surface area contributed by atoms with Gasteiger partial charge in [-0.3, -0.25) is 4.79 Å². The van der Waals surface area contributed by atoms with E-state index in [9.17, 15) is 24.6 Å². The fourth-order valence-electron chi connectivity index (χ4n) is 3.53. The molecule has 144 valence electrons. The van der Waals surface area contributed by atoms with Gasteiger partial charge in [-0.15, -0.1) is 11.8 Å². The average Bonchev–Trinajstić information content (AvgIpc) is 3.00. The zero-order valence-corrected chi connectivity index (χ0v) is 15.6. The molecule has 1 amide bonds. The van der Waals surface area contributed by atoms with Crippen LogP contribution in [-0.2, 0) is 14.4 Å². The van der Waals surface area contributed by atoms with Gasteiger partial charge in [-0.1, -0.05) is 24.3 Å². The molecule has 1 aliphatic heterocycles. The van der Waals surface area contributed by atoms with Crippen molar-refractivity contribution in [3.05, 3.63) is 42.6 Å². The number of thioether (sulfide) groups is 1. The van der Waals surface area contributed by atoms with Crippen LogP contribution in [0.4, 0.5) is 0 Å². The lowest BCUT2D eigenvalue weighted by Crippen LogP contribution is -2.43. The zero-order chi connectivity index (χ0) is 19.8. The zero-order valence-electron chi connectivity index (χ0n) is 14.8. The van der Waals surface area contributed by atoms with Crippen LogP contribution in [0.25, 0.3) is 21.5 Å². The molecule has 1 aliphatic rings. The Morgan fingerprint density at radius 2 is 1.79 bits per heavy atom. The van der Waals surface area contributed by atoms with Gasteiger partial charge in [-0.25, -0.2) is 9.59 Å². The molecule has 2 atom stereocenters. The summed E-state index contributed by atoms with van der Waals surface area (Å²) < 4.78 is 1.67. The summed E-state index contributed by atoms with van der Waals surface area (Å²) in [6.07, 6.45) is 1.82. The van der Waals surface area contributed by atoms with E-state index in [0.29, 0.717) is 5.03 Å². The number of hydrogen-bond donors (Lipinski definition) is 3. The van der Waals surface area contributed by atoms with Gasteiger partial charge in [0.15, 0.2) is 0 Å². The summed E-state index contributed by atoms with van der Waals surface area (Å²) >= 11 is 1.25. The van der Waals surface area contributed by atoms with E-state index in [4.69, 9.17) is 0 Å². The minimum Gasteiger partial charge on any atom is -0.480 e. The number of carbonyl (C=O) groups excluding carboxylic acids is 1. The largest absolute Gasteiger partial charge is 0.480 e. The van der Waals surface area contributed by atoms with Crippen molar-refractivity contribution in [1.29, 1.82) is 0 Å². The van der Waals surface area contributed by atoms with Crippen molar-refractivity contribution in [3.63, 3.8) is 0 Å². The van der Waals surface area contributed by atoms with Crippen molar-refractivity contribution >= 4 is 51.2 Å². The van der Waals surface area contributed by atoms with Crippen molar-refractivity contribution < 1.29 is 24.6 Å². The molecule has 2 aromatic carbocycles. The van der Waals surface area contributed by atoms with E-state index in [1.165, 1.54) is 11.8 Å². The number of nitrogens with one attached hydrogen (secondary N) is 1. The van der Waals surface area contributed by atoms with Crippen LogP contribution in [0.2, 0.25) is 0 Å². The second-order valence-corrected chi connectivity index (χ2v) is 7.80. The number of aliphatic carboxylic acids is 2. The lowest BCUT2D eigenvalue weighted by atomic mass is 10.1. The molecule has 0 aliphatic carbocycles. The normalized spacial score (nSPS) is 20.5. The van der Waals surface area contributed by atoms with Gasteiger partial charge < -0.3 is 20.1 Å². The Morgan fingerprint density at radius 3 is 2.46 bits per heavy atom. The van der Waals surface area contributed by atoms with E-state index >= 15 is 0 Å². The minimum absolute atomic E-state index is 0.0542. The van der Waals surface area contributed by atoms with Crippen molar-refractivity contribution in [3.8, 4) is 0 Å². The van der Waals surface area contributed by atoms with Gasteiger partial charge in [0.25, 0.3) is 0 Å². The molecule has 2 heterocycles.